The van der Waals surface area contributed by atoms with E-state index in [2.05, 4.69) is 4.98 Å². The van der Waals surface area contributed by atoms with E-state index in [1.54, 1.807) is 10.8 Å². The second kappa shape index (κ2) is 5.13. The van der Waals surface area contributed by atoms with Crippen molar-refractivity contribution in [1.29, 1.82) is 0 Å². The maximum Gasteiger partial charge on any atom is 0.258 e. The van der Waals surface area contributed by atoms with Gasteiger partial charge >= 0.3 is 0 Å². The van der Waals surface area contributed by atoms with Gasteiger partial charge in [-0.25, -0.2) is 4.98 Å². The third-order valence-electron chi connectivity index (χ3n) is 3.17. The van der Waals surface area contributed by atoms with E-state index >= 15 is 0 Å². The predicted octanol–water partition coefficient (Wildman–Crippen LogP) is 3.21. The molecule has 3 rings (SSSR count). The summed E-state index contributed by atoms with van der Waals surface area (Å²) in [6, 6.07) is 19.0. The maximum atomic E-state index is 12.2. The van der Waals surface area contributed by atoms with Crippen molar-refractivity contribution in [3.05, 3.63) is 82.8 Å². The van der Waals surface area contributed by atoms with Gasteiger partial charge in [0, 0.05) is 17.8 Å². The highest BCUT2D eigenvalue weighted by atomic mass is 16.1. The Hall–Kier alpha value is -2.68. The van der Waals surface area contributed by atoms with Crippen LogP contribution in [-0.4, -0.2) is 9.55 Å². The van der Waals surface area contributed by atoms with Gasteiger partial charge in [-0.3, -0.25) is 9.36 Å². The number of para-hydroxylation sites is 1. The van der Waals surface area contributed by atoms with E-state index in [-0.39, 0.29) is 5.56 Å². The van der Waals surface area contributed by atoms with Gasteiger partial charge in [-0.15, -0.1) is 0 Å². The van der Waals surface area contributed by atoms with Crippen molar-refractivity contribution in [3.8, 4) is 17.1 Å². The number of rotatable bonds is 2. The highest BCUT2D eigenvalue weighted by Gasteiger charge is 2.09. The Kier molecular flexibility index (Phi) is 3.17. The van der Waals surface area contributed by atoms with Gasteiger partial charge in [0.25, 0.3) is 5.56 Å². The quantitative estimate of drug-likeness (QED) is 0.710. The zero-order valence-corrected chi connectivity index (χ0v) is 11.2. The lowest BCUT2D eigenvalue weighted by atomic mass is 10.1. The Morgan fingerprint density at radius 3 is 2.30 bits per heavy atom. The molecule has 0 spiro atoms. The molecule has 0 saturated heterocycles. The van der Waals surface area contributed by atoms with Gasteiger partial charge in [-0.1, -0.05) is 48.0 Å². The molecule has 2 aromatic carbocycles. The monoisotopic (exact) mass is 262 g/mol. The summed E-state index contributed by atoms with van der Waals surface area (Å²) in [6.45, 7) is 2.03. The number of hydrogen-bond donors (Lipinski definition) is 0. The molecule has 0 fully saturated rings. The fourth-order valence-corrected chi connectivity index (χ4v) is 2.14. The summed E-state index contributed by atoms with van der Waals surface area (Å²) >= 11 is 0. The average molecular weight is 262 g/mol. The lowest BCUT2D eigenvalue weighted by Gasteiger charge is -2.11. The molecule has 0 unspecified atom stereocenters. The number of hydrogen-bond acceptors (Lipinski definition) is 2. The van der Waals surface area contributed by atoms with Crippen LogP contribution in [0.1, 0.15) is 5.56 Å². The van der Waals surface area contributed by atoms with Crippen molar-refractivity contribution < 1.29 is 0 Å². The zero-order valence-electron chi connectivity index (χ0n) is 11.2. The van der Waals surface area contributed by atoms with E-state index in [4.69, 9.17) is 0 Å². The molecular formula is C17H14N2O. The first-order valence-electron chi connectivity index (χ1n) is 6.46. The van der Waals surface area contributed by atoms with Crippen LogP contribution >= 0.6 is 0 Å². The van der Waals surface area contributed by atoms with Crippen LogP contribution in [0.4, 0.5) is 0 Å². The number of nitrogens with zero attached hydrogens (tertiary/aromatic N) is 2. The largest absolute Gasteiger partial charge is 0.269 e. The van der Waals surface area contributed by atoms with Gasteiger partial charge < -0.3 is 0 Å². The fourth-order valence-electron chi connectivity index (χ4n) is 2.14. The zero-order chi connectivity index (χ0) is 13.9. The molecule has 0 aliphatic heterocycles. The molecule has 1 heterocycles. The van der Waals surface area contributed by atoms with E-state index in [0.717, 1.165) is 11.3 Å². The van der Waals surface area contributed by atoms with Crippen LogP contribution < -0.4 is 5.56 Å². The lowest BCUT2D eigenvalue weighted by Crippen LogP contribution is -2.19. The first-order valence-corrected chi connectivity index (χ1v) is 6.46. The molecule has 0 amide bonds. The van der Waals surface area contributed by atoms with Crippen LogP contribution in [0.3, 0.4) is 0 Å². The molecule has 3 nitrogen and oxygen atoms in total. The molecule has 20 heavy (non-hydrogen) atoms. The average Bonchev–Trinajstić information content (AvgIpc) is 2.49. The SMILES string of the molecule is Cc1ccc(-c2nccc(=O)n2-c2ccccc2)cc1. The number of aromatic nitrogens is 2. The fraction of sp³-hybridized carbons (Fsp3) is 0.0588. The minimum Gasteiger partial charge on any atom is -0.269 e. The molecule has 98 valence electrons. The molecule has 3 aromatic rings. The van der Waals surface area contributed by atoms with Crippen molar-refractivity contribution in [2.24, 2.45) is 0 Å². The van der Waals surface area contributed by atoms with Gasteiger partial charge in [-0.2, -0.15) is 0 Å². The molecule has 0 radical (unpaired) electrons. The van der Waals surface area contributed by atoms with Crippen molar-refractivity contribution in [2.45, 2.75) is 6.92 Å². The molecule has 0 bridgehead atoms. The Morgan fingerprint density at radius 1 is 0.900 bits per heavy atom. The van der Waals surface area contributed by atoms with Crippen molar-refractivity contribution in [1.82, 2.24) is 9.55 Å². The number of aryl methyl sites for hydroxylation is 1. The van der Waals surface area contributed by atoms with E-state index in [0.29, 0.717) is 5.82 Å². The Balaban J connectivity index is 2.25. The predicted molar refractivity (Wildman–Crippen MR) is 80.0 cm³/mol. The second-order valence-electron chi connectivity index (χ2n) is 4.64. The van der Waals surface area contributed by atoms with E-state index in [1.807, 2.05) is 61.5 Å². The van der Waals surface area contributed by atoms with Gasteiger partial charge in [0.1, 0.15) is 5.82 Å². The molecule has 0 aliphatic carbocycles. The van der Waals surface area contributed by atoms with Crippen molar-refractivity contribution in [3.63, 3.8) is 0 Å². The molecule has 0 saturated carbocycles. The summed E-state index contributed by atoms with van der Waals surface area (Å²) < 4.78 is 1.63. The van der Waals surface area contributed by atoms with Gasteiger partial charge in [0.05, 0.1) is 5.69 Å². The molecule has 0 atom stereocenters. The van der Waals surface area contributed by atoms with Gasteiger partial charge in [0.15, 0.2) is 0 Å². The summed E-state index contributed by atoms with van der Waals surface area (Å²) in [7, 11) is 0. The Labute approximate surface area is 117 Å². The minimum absolute atomic E-state index is 0.0817. The summed E-state index contributed by atoms with van der Waals surface area (Å²) in [4.78, 5) is 16.6. The van der Waals surface area contributed by atoms with Crippen molar-refractivity contribution >= 4 is 0 Å². The van der Waals surface area contributed by atoms with Crippen LogP contribution in [0.15, 0.2) is 71.7 Å². The van der Waals surface area contributed by atoms with Crippen molar-refractivity contribution in [2.75, 3.05) is 0 Å². The second-order valence-corrected chi connectivity index (χ2v) is 4.64. The van der Waals surface area contributed by atoms with E-state index in [1.165, 1.54) is 11.6 Å². The lowest BCUT2D eigenvalue weighted by molar-refractivity contribution is 0.949. The Bertz CT molecular complexity index is 774. The third-order valence-corrected chi connectivity index (χ3v) is 3.17. The topological polar surface area (TPSA) is 34.9 Å². The normalized spacial score (nSPS) is 10.4. The highest BCUT2D eigenvalue weighted by Crippen LogP contribution is 2.19. The minimum atomic E-state index is -0.0817. The van der Waals surface area contributed by atoms with Crippen LogP contribution in [0, 0.1) is 6.92 Å². The highest BCUT2D eigenvalue weighted by molar-refractivity contribution is 5.58. The maximum absolute atomic E-state index is 12.2. The Morgan fingerprint density at radius 2 is 1.60 bits per heavy atom. The van der Waals surface area contributed by atoms with Gasteiger partial charge in [-0.05, 0) is 19.1 Å². The smallest absolute Gasteiger partial charge is 0.258 e. The summed E-state index contributed by atoms with van der Waals surface area (Å²) in [5.41, 5.74) is 2.85. The first-order chi connectivity index (χ1) is 9.75. The van der Waals surface area contributed by atoms with Crippen LogP contribution in [0.2, 0.25) is 0 Å². The van der Waals surface area contributed by atoms with E-state index < -0.39 is 0 Å². The summed E-state index contributed by atoms with van der Waals surface area (Å²) in [6.07, 6.45) is 1.55. The molecule has 1 aromatic heterocycles. The third kappa shape index (κ3) is 2.26. The van der Waals surface area contributed by atoms with Gasteiger partial charge in [0.2, 0.25) is 0 Å². The standard InChI is InChI=1S/C17H14N2O/c1-13-7-9-14(10-8-13)17-18-12-11-16(20)19(17)15-5-3-2-4-6-15/h2-12H,1H3. The summed E-state index contributed by atoms with van der Waals surface area (Å²) in [5.74, 6) is 0.656. The number of benzene rings is 2. The van der Waals surface area contributed by atoms with Crippen LogP contribution in [-0.2, 0) is 0 Å². The molecule has 0 N–H and O–H groups in total. The molecule has 0 aliphatic rings. The van der Waals surface area contributed by atoms with E-state index in [9.17, 15) is 4.79 Å². The summed E-state index contributed by atoms with van der Waals surface area (Å²) in [5, 5.41) is 0. The van der Waals surface area contributed by atoms with Crippen LogP contribution in [0.5, 0.6) is 0 Å². The molecular weight excluding hydrogens is 248 g/mol. The first kappa shape index (κ1) is 12.4. The molecule has 3 heteroatoms. The van der Waals surface area contributed by atoms with Crippen LogP contribution in [0.25, 0.3) is 17.1 Å².